The Bertz CT molecular complexity index is 1640. The average molecular weight is 571 g/mol. The molecule has 1 amide bonds. The van der Waals surface area contributed by atoms with Crippen LogP contribution in [0, 0.1) is 6.92 Å². The van der Waals surface area contributed by atoms with E-state index in [9.17, 15) is 18.0 Å². The second-order valence-electron chi connectivity index (χ2n) is 10.7. The zero-order chi connectivity index (χ0) is 27.5. The quantitative estimate of drug-likeness (QED) is 0.467. The fourth-order valence-electron chi connectivity index (χ4n) is 5.54. The number of aryl methyl sites for hydroxylation is 1. The molecule has 0 atom stereocenters. The predicted octanol–water partition coefficient (Wildman–Crippen LogP) is 3.61. The lowest BCUT2D eigenvalue weighted by atomic mass is 9.95. The minimum atomic E-state index is -3.47. The zero-order valence-corrected chi connectivity index (χ0v) is 23.6. The second-order valence-corrected chi connectivity index (χ2v) is 13.1. The van der Waals surface area contributed by atoms with Gasteiger partial charge >= 0.3 is 5.63 Å². The third-order valence-corrected chi connectivity index (χ3v) is 10.2. The molecule has 1 aliphatic carbocycles. The van der Waals surface area contributed by atoms with Gasteiger partial charge in [-0.2, -0.15) is 0 Å². The van der Waals surface area contributed by atoms with Crippen LogP contribution >= 0.6 is 11.6 Å². The highest BCUT2D eigenvalue weighted by Crippen LogP contribution is 2.34. The largest absolute Gasteiger partial charge is 0.422 e. The first kappa shape index (κ1) is 26.2. The Kier molecular flexibility index (Phi) is 6.60. The lowest BCUT2D eigenvalue weighted by Crippen LogP contribution is -2.44. The van der Waals surface area contributed by atoms with Gasteiger partial charge in [-0.25, -0.2) is 13.2 Å². The van der Waals surface area contributed by atoms with E-state index < -0.39 is 15.6 Å². The molecule has 1 saturated heterocycles. The molecule has 0 spiro atoms. The Labute approximate surface area is 232 Å². The zero-order valence-electron chi connectivity index (χ0n) is 22.0. The summed E-state index contributed by atoms with van der Waals surface area (Å²) >= 11 is 6.34. The maximum absolute atomic E-state index is 13.3. The highest BCUT2D eigenvalue weighted by Gasteiger charge is 2.36. The number of carbonyl (C=O) groups excluding carboxylic acids is 1. The standard InChI is InChI=1S/C28H31ClN4O5S/c1-17-25(32-13-11-31(2)12-14-32)8-6-21-20-9-10-33(16-22(20)28(35)38-26(17)21)27(34)18-3-7-24(23(29)15-18)30-39(36,37)19-4-5-19/h3,6-8,15,19,30H,4-5,9-14,16H2,1-2H3. The first-order valence-electron chi connectivity index (χ1n) is 13.2. The Morgan fingerprint density at radius 1 is 1.05 bits per heavy atom. The molecule has 2 aliphatic heterocycles. The summed E-state index contributed by atoms with van der Waals surface area (Å²) in [5, 5.41) is 0.690. The number of piperazine rings is 1. The van der Waals surface area contributed by atoms with E-state index in [4.69, 9.17) is 16.0 Å². The number of nitrogens with zero attached hydrogens (tertiary/aromatic N) is 3. The Morgan fingerprint density at radius 3 is 2.49 bits per heavy atom. The van der Waals surface area contributed by atoms with Gasteiger partial charge in [0.1, 0.15) is 5.58 Å². The summed E-state index contributed by atoms with van der Waals surface area (Å²) in [6.07, 6.45) is 1.81. The van der Waals surface area contributed by atoms with E-state index in [1.807, 2.05) is 13.0 Å². The molecule has 0 radical (unpaired) electrons. The summed E-state index contributed by atoms with van der Waals surface area (Å²) in [6, 6.07) is 8.69. The third kappa shape index (κ3) is 4.90. The topological polar surface area (TPSA) is 103 Å². The van der Waals surface area contributed by atoms with Crippen LogP contribution in [0.3, 0.4) is 0 Å². The molecule has 1 N–H and O–H groups in total. The number of rotatable bonds is 5. The summed E-state index contributed by atoms with van der Waals surface area (Å²) in [6.45, 7) is 6.40. The van der Waals surface area contributed by atoms with E-state index in [0.717, 1.165) is 48.4 Å². The lowest BCUT2D eigenvalue weighted by molar-refractivity contribution is 0.0733. The maximum atomic E-state index is 13.3. The van der Waals surface area contributed by atoms with Crippen molar-refractivity contribution >= 4 is 49.9 Å². The number of anilines is 2. The number of amides is 1. The van der Waals surface area contributed by atoms with Gasteiger partial charge in [0.05, 0.1) is 28.1 Å². The molecule has 2 fully saturated rings. The van der Waals surface area contributed by atoms with Crippen molar-refractivity contribution in [2.24, 2.45) is 0 Å². The van der Waals surface area contributed by atoms with Crippen molar-refractivity contribution in [2.75, 3.05) is 49.4 Å². The number of hydrogen-bond acceptors (Lipinski definition) is 7. The van der Waals surface area contributed by atoms with Gasteiger partial charge < -0.3 is 19.1 Å². The van der Waals surface area contributed by atoms with Gasteiger partial charge in [-0.3, -0.25) is 9.52 Å². The van der Waals surface area contributed by atoms with Gasteiger partial charge in [-0.15, -0.1) is 0 Å². The molecule has 1 saturated carbocycles. The molecule has 2 aromatic carbocycles. The predicted molar refractivity (Wildman–Crippen MR) is 152 cm³/mol. The van der Waals surface area contributed by atoms with Crippen molar-refractivity contribution in [2.45, 2.75) is 38.0 Å². The van der Waals surface area contributed by atoms with Crippen LogP contribution in [0.25, 0.3) is 11.0 Å². The number of carbonyl (C=O) groups is 1. The number of benzene rings is 2. The summed E-state index contributed by atoms with van der Waals surface area (Å²) in [5.41, 5.74) is 4.25. The van der Waals surface area contributed by atoms with Gasteiger partial charge in [0.2, 0.25) is 10.0 Å². The van der Waals surface area contributed by atoms with Crippen molar-refractivity contribution in [1.82, 2.24) is 9.80 Å². The molecular formula is C28H31ClN4O5S. The van der Waals surface area contributed by atoms with E-state index in [2.05, 4.69) is 27.6 Å². The van der Waals surface area contributed by atoms with Gasteiger partial charge in [-0.05, 0) is 69.1 Å². The Morgan fingerprint density at radius 2 is 1.79 bits per heavy atom. The smallest absolute Gasteiger partial charge is 0.341 e. The highest BCUT2D eigenvalue weighted by molar-refractivity contribution is 7.93. The minimum Gasteiger partial charge on any atom is -0.422 e. The van der Waals surface area contributed by atoms with E-state index in [1.165, 1.54) is 12.1 Å². The average Bonchev–Trinajstić information content (AvgIpc) is 3.77. The van der Waals surface area contributed by atoms with Gasteiger partial charge in [0.15, 0.2) is 0 Å². The lowest BCUT2D eigenvalue weighted by Gasteiger charge is -2.35. The molecule has 0 unspecified atom stereocenters. The second kappa shape index (κ2) is 9.83. The van der Waals surface area contributed by atoms with Crippen molar-refractivity contribution < 1.29 is 17.6 Å². The molecule has 3 heterocycles. The van der Waals surface area contributed by atoms with E-state index in [0.29, 0.717) is 42.5 Å². The number of sulfonamides is 1. The minimum absolute atomic E-state index is 0.138. The van der Waals surface area contributed by atoms with Crippen LogP contribution in [0.1, 0.15) is 39.9 Å². The summed E-state index contributed by atoms with van der Waals surface area (Å²) < 4.78 is 32.9. The number of halogens is 1. The van der Waals surface area contributed by atoms with Crippen LogP contribution in [-0.2, 0) is 23.0 Å². The molecule has 3 aliphatic rings. The van der Waals surface area contributed by atoms with Crippen LogP contribution in [0.5, 0.6) is 0 Å². The van der Waals surface area contributed by atoms with Crippen molar-refractivity contribution in [3.05, 3.63) is 68.0 Å². The maximum Gasteiger partial charge on any atom is 0.341 e. The molecule has 0 bridgehead atoms. The first-order chi connectivity index (χ1) is 18.6. The molecule has 206 valence electrons. The normalized spacial score (nSPS) is 18.3. The fourth-order valence-corrected chi connectivity index (χ4v) is 7.24. The highest BCUT2D eigenvalue weighted by atomic mass is 35.5. The molecule has 6 rings (SSSR count). The number of hydrogen-bond donors (Lipinski definition) is 1. The van der Waals surface area contributed by atoms with Crippen molar-refractivity contribution in [1.29, 1.82) is 0 Å². The van der Waals surface area contributed by atoms with Crippen LogP contribution in [0.2, 0.25) is 5.02 Å². The first-order valence-corrected chi connectivity index (χ1v) is 15.2. The van der Waals surface area contributed by atoms with Gasteiger partial charge in [0.25, 0.3) is 5.91 Å². The van der Waals surface area contributed by atoms with E-state index >= 15 is 0 Å². The molecule has 1 aromatic heterocycles. The molecule has 39 heavy (non-hydrogen) atoms. The van der Waals surface area contributed by atoms with Crippen LogP contribution < -0.4 is 15.2 Å². The number of likely N-dealkylation sites (N-methyl/N-ethyl adjacent to an activating group) is 1. The molecule has 11 heteroatoms. The monoisotopic (exact) mass is 570 g/mol. The Hall–Kier alpha value is -3.08. The fraction of sp³-hybridized carbons (Fsp3) is 0.429. The van der Waals surface area contributed by atoms with Crippen LogP contribution in [0.4, 0.5) is 11.4 Å². The summed E-state index contributed by atoms with van der Waals surface area (Å²) in [7, 11) is -1.35. The molecule has 9 nitrogen and oxygen atoms in total. The van der Waals surface area contributed by atoms with Crippen molar-refractivity contribution in [3.8, 4) is 0 Å². The number of fused-ring (bicyclic) bond motifs is 3. The van der Waals surface area contributed by atoms with Gasteiger partial charge in [0, 0.05) is 54.9 Å². The molecule has 3 aromatic rings. The number of nitrogens with one attached hydrogen (secondary N) is 1. The summed E-state index contributed by atoms with van der Waals surface area (Å²) in [4.78, 5) is 32.7. The third-order valence-electron chi connectivity index (χ3n) is 8.05. The van der Waals surface area contributed by atoms with E-state index in [-0.39, 0.29) is 28.4 Å². The van der Waals surface area contributed by atoms with Crippen LogP contribution in [-0.4, -0.2) is 69.1 Å². The SMILES string of the molecule is Cc1c(N2CCN(C)CC2)ccc2c3c(c(=O)oc12)CN(C(=O)c1ccc(NS(=O)(=O)C2CC2)c(Cl)c1)CC3. The van der Waals surface area contributed by atoms with Crippen LogP contribution in [0.15, 0.2) is 39.5 Å². The van der Waals surface area contributed by atoms with E-state index in [1.54, 1.807) is 11.0 Å². The Balaban J connectivity index is 1.24. The van der Waals surface area contributed by atoms with Crippen molar-refractivity contribution in [3.63, 3.8) is 0 Å². The summed E-state index contributed by atoms with van der Waals surface area (Å²) in [5.74, 6) is -0.278. The van der Waals surface area contributed by atoms with Gasteiger partial charge in [-0.1, -0.05) is 11.6 Å². The molecular weight excluding hydrogens is 540 g/mol.